The third-order valence-electron chi connectivity index (χ3n) is 4.59. The number of nitrogens with one attached hydrogen (secondary N) is 2. The maximum Gasteiger partial charge on any atom is 0.191 e. The molecular weight excluding hydrogens is 477 g/mol. The molecule has 150 valence electrons. The van der Waals surface area contributed by atoms with Crippen LogP contribution in [-0.4, -0.2) is 22.8 Å². The topological polar surface area (TPSA) is 67.4 Å². The average molecular weight is 501 g/mol. The summed E-state index contributed by atoms with van der Waals surface area (Å²) in [5.41, 5.74) is 3.34. The minimum absolute atomic E-state index is 0. The third kappa shape index (κ3) is 5.38. The van der Waals surface area contributed by atoms with Crippen LogP contribution >= 0.6 is 24.0 Å². The number of fused-ring (bicyclic) bond motifs is 1. The lowest BCUT2D eigenvalue weighted by Crippen LogP contribution is -2.36. The Morgan fingerprint density at radius 2 is 1.76 bits per heavy atom. The fourth-order valence-electron chi connectivity index (χ4n) is 3.15. The molecule has 2 heterocycles. The van der Waals surface area contributed by atoms with Gasteiger partial charge in [0.2, 0.25) is 0 Å². The van der Waals surface area contributed by atoms with Crippen LogP contribution in [0.25, 0.3) is 11.0 Å². The van der Waals surface area contributed by atoms with Gasteiger partial charge >= 0.3 is 0 Å². The van der Waals surface area contributed by atoms with E-state index in [4.69, 9.17) is 4.42 Å². The number of halogens is 1. The summed E-state index contributed by atoms with van der Waals surface area (Å²) in [7, 11) is 1.77. The summed E-state index contributed by atoms with van der Waals surface area (Å²) in [6, 6.07) is 20.3. The molecule has 0 saturated heterocycles. The van der Waals surface area contributed by atoms with Crippen LogP contribution in [0.5, 0.6) is 0 Å². The second-order valence-electron chi connectivity index (χ2n) is 6.50. The van der Waals surface area contributed by atoms with E-state index in [1.807, 2.05) is 47.3 Å². The SMILES string of the molecule is CN=C(NCc1cc2ccccc2o1)NCc1ccccc1Cn1cccn1.I. The average Bonchev–Trinajstić information content (AvgIpc) is 3.38. The molecule has 4 rings (SSSR count). The summed E-state index contributed by atoms with van der Waals surface area (Å²) >= 11 is 0. The molecule has 0 aliphatic carbocycles. The minimum Gasteiger partial charge on any atom is -0.459 e. The minimum atomic E-state index is 0. The zero-order valence-electron chi connectivity index (χ0n) is 16.2. The summed E-state index contributed by atoms with van der Waals surface area (Å²) in [4.78, 5) is 4.31. The van der Waals surface area contributed by atoms with Crippen LogP contribution in [0.15, 0.2) is 82.5 Å². The lowest BCUT2D eigenvalue weighted by atomic mass is 10.1. The van der Waals surface area contributed by atoms with Gasteiger partial charge < -0.3 is 15.1 Å². The second kappa shape index (κ2) is 10.1. The number of nitrogens with zero attached hydrogens (tertiary/aromatic N) is 3. The predicted molar refractivity (Wildman–Crippen MR) is 126 cm³/mol. The number of benzene rings is 2. The molecule has 0 aliphatic heterocycles. The maximum absolute atomic E-state index is 5.85. The maximum atomic E-state index is 5.85. The molecule has 0 aliphatic rings. The fourth-order valence-corrected chi connectivity index (χ4v) is 3.15. The number of para-hydroxylation sites is 1. The summed E-state index contributed by atoms with van der Waals surface area (Å²) in [5.74, 6) is 1.61. The van der Waals surface area contributed by atoms with E-state index >= 15 is 0 Å². The van der Waals surface area contributed by atoms with Crippen LogP contribution < -0.4 is 10.6 Å². The van der Waals surface area contributed by atoms with E-state index in [-0.39, 0.29) is 24.0 Å². The van der Waals surface area contributed by atoms with Gasteiger partial charge in [-0.15, -0.1) is 24.0 Å². The molecule has 2 N–H and O–H groups in total. The molecule has 0 amide bonds. The molecule has 0 saturated carbocycles. The van der Waals surface area contributed by atoms with Crippen molar-refractivity contribution >= 4 is 40.9 Å². The van der Waals surface area contributed by atoms with E-state index in [0.717, 1.165) is 29.2 Å². The van der Waals surface area contributed by atoms with Gasteiger partial charge in [0.15, 0.2) is 5.96 Å². The molecule has 0 radical (unpaired) electrons. The molecule has 2 aromatic heterocycles. The summed E-state index contributed by atoms with van der Waals surface area (Å²) in [6.07, 6.45) is 3.77. The Balaban J connectivity index is 0.00000240. The highest BCUT2D eigenvalue weighted by Gasteiger charge is 2.07. The Bertz CT molecular complexity index is 1040. The van der Waals surface area contributed by atoms with E-state index in [1.54, 1.807) is 13.2 Å². The smallest absolute Gasteiger partial charge is 0.191 e. The van der Waals surface area contributed by atoms with Crippen LogP contribution in [0.1, 0.15) is 16.9 Å². The summed E-state index contributed by atoms with van der Waals surface area (Å²) < 4.78 is 7.77. The Hall–Kier alpha value is -2.81. The van der Waals surface area contributed by atoms with Crippen molar-refractivity contribution in [3.05, 3.63) is 89.9 Å². The number of aliphatic imine (C=N–C) groups is 1. The molecule has 0 fully saturated rings. The molecule has 0 bridgehead atoms. The van der Waals surface area contributed by atoms with E-state index in [0.29, 0.717) is 13.1 Å². The zero-order chi connectivity index (χ0) is 19.2. The van der Waals surface area contributed by atoms with E-state index < -0.39 is 0 Å². The summed E-state index contributed by atoms with van der Waals surface area (Å²) in [6.45, 7) is 2.00. The molecule has 0 unspecified atom stereocenters. The first-order valence-electron chi connectivity index (χ1n) is 9.28. The molecule has 29 heavy (non-hydrogen) atoms. The van der Waals surface area contributed by atoms with Crippen molar-refractivity contribution in [3.8, 4) is 0 Å². The Kier molecular flexibility index (Phi) is 7.29. The van der Waals surface area contributed by atoms with Gasteiger partial charge in [-0.1, -0.05) is 42.5 Å². The standard InChI is InChI=1S/C22H23N5O.HI/c1-23-22(25-15-20-13-17-7-4-5-10-21(17)28-20)24-14-18-8-2-3-9-19(18)16-27-12-6-11-26-27;/h2-13H,14-16H2,1H3,(H2,23,24,25);1H. The van der Waals surface area contributed by atoms with Crippen molar-refractivity contribution in [2.45, 2.75) is 19.6 Å². The first kappa shape index (κ1) is 20.9. The molecule has 2 aromatic carbocycles. The Morgan fingerprint density at radius 3 is 2.52 bits per heavy atom. The number of guanidine groups is 1. The summed E-state index contributed by atoms with van der Waals surface area (Å²) in [5, 5.41) is 12.1. The van der Waals surface area contributed by atoms with E-state index in [2.05, 4.69) is 45.0 Å². The molecule has 4 aromatic rings. The van der Waals surface area contributed by atoms with Gasteiger partial charge in [0.25, 0.3) is 0 Å². The predicted octanol–water partition coefficient (Wildman–Crippen LogP) is 4.16. The van der Waals surface area contributed by atoms with Gasteiger partial charge in [-0.3, -0.25) is 9.67 Å². The number of hydrogen-bond acceptors (Lipinski definition) is 3. The number of hydrogen-bond donors (Lipinski definition) is 2. The highest BCUT2D eigenvalue weighted by atomic mass is 127. The van der Waals surface area contributed by atoms with Crippen LogP contribution in [0.2, 0.25) is 0 Å². The Labute approximate surface area is 187 Å². The highest BCUT2D eigenvalue weighted by Crippen LogP contribution is 2.18. The van der Waals surface area contributed by atoms with Crippen molar-refractivity contribution in [2.75, 3.05) is 7.05 Å². The van der Waals surface area contributed by atoms with Crippen molar-refractivity contribution in [1.82, 2.24) is 20.4 Å². The normalized spacial score (nSPS) is 11.3. The molecular formula is C22H24IN5O. The molecule has 0 atom stereocenters. The quantitative estimate of drug-likeness (QED) is 0.237. The molecule has 6 nitrogen and oxygen atoms in total. The number of rotatable bonds is 6. The van der Waals surface area contributed by atoms with Crippen LogP contribution in [0, 0.1) is 0 Å². The van der Waals surface area contributed by atoms with Gasteiger partial charge in [-0.05, 0) is 29.3 Å². The zero-order valence-corrected chi connectivity index (χ0v) is 18.5. The van der Waals surface area contributed by atoms with Crippen molar-refractivity contribution in [2.24, 2.45) is 4.99 Å². The fraction of sp³-hybridized carbons (Fsp3) is 0.182. The van der Waals surface area contributed by atoms with Crippen molar-refractivity contribution in [1.29, 1.82) is 0 Å². The van der Waals surface area contributed by atoms with Crippen molar-refractivity contribution in [3.63, 3.8) is 0 Å². The van der Waals surface area contributed by atoms with E-state index in [9.17, 15) is 0 Å². The number of aromatic nitrogens is 2. The van der Waals surface area contributed by atoms with Crippen LogP contribution in [0.4, 0.5) is 0 Å². The van der Waals surface area contributed by atoms with Crippen LogP contribution in [0.3, 0.4) is 0 Å². The largest absolute Gasteiger partial charge is 0.459 e. The second-order valence-corrected chi connectivity index (χ2v) is 6.50. The highest BCUT2D eigenvalue weighted by molar-refractivity contribution is 14.0. The monoisotopic (exact) mass is 501 g/mol. The number of furan rings is 1. The van der Waals surface area contributed by atoms with Gasteiger partial charge in [-0.25, -0.2) is 0 Å². The van der Waals surface area contributed by atoms with Gasteiger partial charge in [-0.2, -0.15) is 5.10 Å². The molecule has 7 heteroatoms. The van der Waals surface area contributed by atoms with Crippen molar-refractivity contribution < 1.29 is 4.42 Å². The Morgan fingerprint density at radius 1 is 1.00 bits per heavy atom. The van der Waals surface area contributed by atoms with Gasteiger partial charge in [0.1, 0.15) is 11.3 Å². The third-order valence-corrected chi connectivity index (χ3v) is 4.59. The molecule has 0 spiro atoms. The first-order chi connectivity index (χ1) is 13.8. The van der Waals surface area contributed by atoms with Gasteiger partial charge in [0.05, 0.1) is 13.1 Å². The first-order valence-corrected chi connectivity index (χ1v) is 9.28. The lowest BCUT2D eigenvalue weighted by molar-refractivity contribution is 0.538. The lowest BCUT2D eigenvalue weighted by Gasteiger charge is -2.14. The van der Waals surface area contributed by atoms with Gasteiger partial charge in [0, 0.05) is 31.4 Å². The van der Waals surface area contributed by atoms with E-state index in [1.165, 1.54) is 11.1 Å². The van der Waals surface area contributed by atoms with Crippen LogP contribution in [-0.2, 0) is 19.6 Å².